The number of rotatable bonds is 9. The number of nitrogens with one attached hydrogen (secondary N) is 2. The van der Waals surface area contributed by atoms with Crippen molar-refractivity contribution in [1.29, 1.82) is 0 Å². The lowest BCUT2D eigenvalue weighted by Gasteiger charge is -2.28. The topological polar surface area (TPSA) is 137 Å². The Morgan fingerprint density at radius 3 is 2.34 bits per heavy atom. The minimum absolute atomic E-state index is 0.0126. The van der Waals surface area contributed by atoms with Gasteiger partial charge in [0.1, 0.15) is 11.7 Å². The molecule has 1 aliphatic heterocycles. The average molecular weight is 498 g/mol. The monoisotopic (exact) mass is 498 g/mol. The van der Waals surface area contributed by atoms with Crippen molar-refractivity contribution in [1.82, 2.24) is 20.6 Å². The fourth-order valence-corrected chi connectivity index (χ4v) is 4.04. The van der Waals surface area contributed by atoms with Gasteiger partial charge in [-0.05, 0) is 17.9 Å². The van der Waals surface area contributed by atoms with Gasteiger partial charge in [0.05, 0.1) is 23.6 Å². The molecule has 0 saturated carbocycles. The van der Waals surface area contributed by atoms with Gasteiger partial charge in [0.15, 0.2) is 0 Å². The van der Waals surface area contributed by atoms with E-state index < -0.39 is 42.9 Å². The Morgan fingerprint density at radius 2 is 1.74 bits per heavy atom. The van der Waals surface area contributed by atoms with Crippen LogP contribution in [0.25, 0.3) is 0 Å². The van der Waals surface area contributed by atoms with Gasteiger partial charge in [0, 0.05) is 18.8 Å². The fourth-order valence-electron chi connectivity index (χ4n) is 3.47. The fraction of sp³-hybridized carbons (Fsp3) is 0.391. The molecule has 10 nitrogen and oxygen atoms in total. The quantitative estimate of drug-likeness (QED) is 0.489. The molecule has 1 aromatic heterocycles. The van der Waals surface area contributed by atoms with Gasteiger partial charge in [-0.2, -0.15) is 0 Å². The Balaban J connectivity index is 1.81. The van der Waals surface area contributed by atoms with Gasteiger partial charge in [-0.3, -0.25) is 24.2 Å². The third-order valence-electron chi connectivity index (χ3n) is 5.02. The van der Waals surface area contributed by atoms with Crippen LogP contribution in [0.4, 0.5) is 0 Å². The summed E-state index contributed by atoms with van der Waals surface area (Å²) >= 11 is 1.10. The van der Waals surface area contributed by atoms with Crippen LogP contribution in [0.1, 0.15) is 36.3 Å². The van der Waals surface area contributed by atoms with Gasteiger partial charge in [-0.1, -0.05) is 44.2 Å². The number of thioether (sulfide) groups is 1. The predicted octanol–water partition coefficient (Wildman–Crippen LogP) is 1.21. The number of nitrogens with zero attached hydrogens (tertiary/aromatic N) is 2. The third kappa shape index (κ3) is 8.39. The molecule has 3 rings (SSSR count). The van der Waals surface area contributed by atoms with Crippen molar-refractivity contribution in [2.45, 2.75) is 38.7 Å². The molecule has 35 heavy (non-hydrogen) atoms. The van der Waals surface area contributed by atoms with Crippen LogP contribution in [0.15, 0.2) is 48.9 Å². The van der Waals surface area contributed by atoms with Crippen molar-refractivity contribution in [3.63, 3.8) is 0 Å². The van der Waals surface area contributed by atoms with E-state index in [9.17, 15) is 19.2 Å². The van der Waals surface area contributed by atoms with E-state index in [0.29, 0.717) is 6.42 Å². The number of aromatic nitrogens is 2. The van der Waals surface area contributed by atoms with Crippen molar-refractivity contribution in [3.8, 4) is 0 Å². The first-order chi connectivity index (χ1) is 16.8. The SMILES string of the molecule is CC(C)C[C@H](NC(=O)C(Cc1ccccc1)NC(=O)c1cnccn1)B1OC(=O)CSCC(=O)O1. The van der Waals surface area contributed by atoms with Crippen LogP contribution in [0.3, 0.4) is 0 Å². The van der Waals surface area contributed by atoms with Crippen LogP contribution >= 0.6 is 11.8 Å². The Bertz CT molecular complexity index is 1010. The summed E-state index contributed by atoms with van der Waals surface area (Å²) in [5.74, 6) is -2.84. The van der Waals surface area contributed by atoms with E-state index >= 15 is 0 Å². The number of carbonyl (C=O) groups is 4. The van der Waals surface area contributed by atoms with Crippen molar-refractivity contribution in [2.75, 3.05) is 11.5 Å². The van der Waals surface area contributed by atoms with Gasteiger partial charge < -0.3 is 19.9 Å². The molecule has 2 atom stereocenters. The van der Waals surface area contributed by atoms with Crippen molar-refractivity contribution in [2.24, 2.45) is 5.92 Å². The molecule has 1 fully saturated rings. The second-order valence-corrected chi connectivity index (χ2v) is 9.38. The number of hydrogen-bond donors (Lipinski definition) is 2. The number of hydrogen-bond acceptors (Lipinski definition) is 9. The first-order valence-corrected chi connectivity index (χ1v) is 12.3. The van der Waals surface area contributed by atoms with Gasteiger partial charge >= 0.3 is 19.1 Å². The molecule has 0 radical (unpaired) electrons. The van der Waals surface area contributed by atoms with Gasteiger partial charge in [0.25, 0.3) is 5.91 Å². The maximum Gasteiger partial charge on any atom is 0.622 e. The zero-order valence-electron chi connectivity index (χ0n) is 19.5. The standard InChI is InChI=1S/C23H27BN4O6S/c1-15(2)10-19(24-33-20(29)13-35-14-21(30)34-24)28-22(31)17(11-16-6-4-3-5-7-16)27-23(32)18-12-25-8-9-26-18/h3-9,12,15,17,19H,10-11,13-14H2,1-2H3,(H,27,32)(H,28,31)/t17?,19-/m0/s1. The normalized spacial score (nSPS) is 15.8. The van der Waals surface area contributed by atoms with E-state index in [1.54, 1.807) is 0 Å². The predicted molar refractivity (Wildman–Crippen MR) is 130 cm³/mol. The molecule has 0 bridgehead atoms. The molecule has 1 saturated heterocycles. The molecule has 0 spiro atoms. The lowest BCUT2D eigenvalue weighted by atomic mass is 9.73. The minimum Gasteiger partial charge on any atom is -0.497 e. The molecule has 2 heterocycles. The lowest BCUT2D eigenvalue weighted by molar-refractivity contribution is -0.138. The molecule has 184 valence electrons. The van der Waals surface area contributed by atoms with Crippen LogP contribution in [-0.4, -0.2) is 64.3 Å². The molecule has 1 aromatic carbocycles. The van der Waals surface area contributed by atoms with Crippen molar-refractivity contribution in [3.05, 3.63) is 60.2 Å². The molecule has 2 N–H and O–H groups in total. The Labute approximate surface area is 208 Å². The molecule has 2 aromatic rings. The summed E-state index contributed by atoms with van der Waals surface area (Å²) in [6.45, 7) is 3.86. The van der Waals surface area contributed by atoms with E-state index in [0.717, 1.165) is 17.3 Å². The average Bonchev–Trinajstić information content (AvgIpc) is 2.82. The zero-order valence-corrected chi connectivity index (χ0v) is 20.3. The van der Waals surface area contributed by atoms with Gasteiger partial charge in [-0.25, -0.2) is 4.98 Å². The Morgan fingerprint density at radius 1 is 1.06 bits per heavy atom. The summed E-state index contributed by atoms with van der Waals surface area (Å²) in [6.07, 6.45) is 4.71. The maximum atomic E-state index is 13.4. The van der Waals surface area contributed by atoms with Crippen LogP contribution < -0.4 is 10.6 Å². The van der Waals surface area contributed by atoms with Gasteiger partial charge in [0.2, 0.25) is 5.91 Å². The van der Waals surface area contributed by atoms with E-state index in [-0.39, 0.29) is 29.5 Å². The third-order valence-corrected chi connectivity index (χ3v) is 5.90. The Kier molecular flexibility index (Phi) is 9.65. The summed E-state index contributed by atoms with van der Waals surface area (Å²) in [6, 6.07) is 8.23. The molecule has 12 heteroatoms. The first-order valence-electron chi connectivity index (χ1n) is 11.2. The summed E-state index contributed by atoms with van der Waals surface area (Å²) < 4.78 is 10.7. The number of amides is 2. The molecule has 0 aliphatic carbocycles. The highest BCUT2D eigenvalue weighted by atomic mass is 32.2. The first kappa shape index (κ1) is 26.2. The smallest absolute Gasteiger partial charge is 0.497 e. The van der Waals surface area contributed by atoms with E-state index in [2.05, 4.69) is 20.6 Å². The highest BCUT2D eigenvalue weighted by Gasteiger charge is 2.41. The summed E-state index contributed by atoms with van der Waals surface area (Å²) in [4.78, 5) is 58.2. The molecule has 2 amide bonds. The van der Waals surface area contributed by atoms with E-state index in [1.807, 2.05) is 44.2 Å². The number of carbonyl (C=O) groups excluding carboxylic acids is 4. The molecule has 1 aliphatic rings. The van der Waals surface area contributed by atoms with Crippen molar-refractivity contribution < 1.29 is 28.5 Å². The second-order valence-electron chi connectivity index (χ2n) is 8.39. The van der Waals surface area contributed by atoms with Crippen molar-refractivity contribution >= 4 is 42.6 Å². The highest BCUT2D eigenvalue weighted by molar-refractivity contribution is 8.00. The summed E-state index contributed by atoms with van der Waals surface area (Å²) in [7, 11) is -1.27. The van der Waals surface area contributed by atoms with E-state index in [4.69, 9.17) is 9.31 Å². The zero-order chi connectivity index (χ0) is 25.2. The summed E-state index contributed by atoms with van der Waals surface area (Å²) in [5, 5.41) is 5.54. The Hall–Kier alpha value is -3.41. The summed E-state index contributed by atoms with van der Waals surface area (Å²) in [5.41, 5.74) is 0.894. The van der Waals surface area contributed by atoms with Crippen LogP contribution in [0.2, 0.25) is 0 Å². The lowest BCUT2D eigenvalue weighted by Crippen LogP contribution is -2.57. The van der Waals surface area contributed by atoms with Gasteiger partial charge in [-0.15, -0.1) is 11.8 Å². The second kappa shape index (κ2) is 12.9. The maximum absolute atomic E-state index is 13.4. The largest absolute Gasteiger partial charge is 0.622 e. The minimum atomic E-state index is -1.27. The van der Waals surface area contributed by atoms with E-state index in [1.165, 1.54) is 18.6 Å². The number of benzene rings is 1. The van der Waals surface area contributed by atoms with Crippen LogP contribution in [0.5, 0.6) is 0 Å². The molecule has 1 unspecified atom stereocenters. The highest BCUT2D eigenvalue weighted by Crippen LogP contribution is 2.15. The molecular weight excluding hydrogens is 471 g/mol. The molecular formula is C23H27BN4O6S. The van der Waals surface area contributed by atoms with Crippen LogP contribution in [0, 0.1) is 5.92 Å². The van der Waals surface area contributed by atoms with Crippen LogP contribution in [-0.2, 0) is 30.1 Å².